The van der Waals surface area contributed by atoms with E-state index in [9.17, 15) is 10.2 Å². The molecule has 2 atom stereocenters. The highest BCUT2D eigenvalue weighted by Crippen LogP contribution is 2.19. The zero-order valence-corrected chi connectivity index (χ0v) is 9.53. The molecule has 3 N–H and O–H groups in total. The monoisotopic (exact) mass is 259 g/mol. The Labute approximate surface area is 91.9 Å². The molecule has 0 bridgehead atoms. The van der Waals surface area contributed by atoms with Gasteiger partial charge in [0.1, 0.15) is 6.10 Å². The normalized spacial score (nSPS) is 15.1. The van der Waals surface area contributed by atoms with Crippen molar-refractivity contribution >= 4 is 15.9 Å². The van der Waals surface area contributed by atoms with Crippen molar-refractivity contribution in [1.29, 1.82) is 0 Å². The van der Waals surface area contributed by atoms with Crippen LogP contribution in [0, 0.1) is 0 Å². The Morgan fingerprint density at radius 1 is 1.29 bits per heavy atom. The second-order valence-corrected chi connectivity index (χ2v) is 4.04. The lowest BCUT2D eigenvalue weighted by Crippen LogP contribution is -2.29. The van der Waals surface area contributed by atoms with Crippen LogP contribution in [0.15, 0.2) is 28.7 Å². The Morgan fingerprint density at radius 2 is 1.86 bits per heavy atom. The van der Waals surface area contributed by atoms with Gasteiger partial charge in [-0.25, -0.2) is 0 Å². The van der Waals surface area contributed by atoms with Gasteiger partial charge in [-0.15, -0.1) is 0 Å². The van der Waals surface area contributed by atoms with Crippen LogP contribution in [0.2, 0.25) is 0 Å². The lowest BCUT2D eigenvalue weighted by molar-refractivity contribution is 0.0202. The smallest absolute Gasteiger partial charge is 0.106 e. The van der Waals surface area contributed by atoms with Crippen LogP contribution in [0.1, 0.15) is 11.7 Å². The van der Waals surface area contributed by atoms with Gasteiger partial charge >= 0.3 is 0 Å². The molecule has 1 rings (SSSR count). The maximum absolute atomic E-state index is 9.71. The molecule has 14 heavy (non-hydrogen) atoms. The molecule has 0 fully saturated rings. The fraction of sp³-hybridized carbons (Fsp3) is 0.400. The van der Waals surface area contributed by atoms with Crippen molar-refractivity contribution < 1.29 is 10.2 Å². The maximum atomic E-state index is 9.71. The van der Waals surface area contributed by atoms with Crippen molar-refractivity contribution in [3.63, 3.8) is 0 Å². The minimum atomic E-state index is -0.837. The third kappa shape index (κ3) is 3.06. The average Bonchev–Trinajstić information content (AvgIpc) is 2.18. The van der Waals surface area contributed by atoms with E-state index in [1.165, 1.54) is 0 Å². The van der Waals surface area contributed by atoms with Gasteiger partial charge in [0.25, 0.3) is 0 Å². The predicted octanol–water partition coefficient (Wildman–Crippen LogP) is 1.06. The molecular formula is C10H14BrNO2. The quantitative estimate of drug-likeness (QED) is 0.758. The summed E-state index contributed by atoms with van der Waals surface area (Å²) in [6.45, 7) is 0.372. The first-order chi connectivity index (χ1) is 6.65. The summed E-state index contributed by atoms with van der Waals surface area (Å²) < 4.78 is 0.955. The van der Waals surface area contributed by atoms with E-state index < -0.39 is 12.2 Å². The first kappa shape index (κ1) is 11.7. The fourth-order valence-electron chi connectivity index (χ4n) is 1.20. The Bertz CT molecular complexity index is 276. The van der Waals surface area contributed by atoms with Gasteiger partial charge < -0.3 is 15.5 Å². The van der Waals surface area contributed by atoms with E-state index >= 15 is 0 Å². The molecule has 0 spiro atoms. The zero-order valence-electron chi connectivity index (χ0n) is 7.94. The molecule has 0 aromatic heterocycles. The number of rotatable bonds is 4. The third-order valence-electron chi connectivity index (χ3n) is 1.99. The number of hydrogen-bond acceptors (Lipinski definition) is 3. The first-order valence-electron chi connectivity index (χ1n) is 4.41. The molecule has 0 radical (unpaired) electrons. The van der Waals surface area contributed by atoms with E-state index in [0.717, 1.165) is 10.0 Å². The van der Waals surface area contributed by atoms with Crippen LogP contribution in [0.3, 0.4) is 0 Å². The molecule has 1 aromatic rings. The van der Waals surface area contributed by atoms with Gasteiger partial charge in [0.05, 0.1) is 6.10 Å². The Morgan fingerprint density at radius 3 is 2.36 bits per heavy atom. The van der Waals surface area contributed by atoms with Crippen molar-refractivity contribution in [2.75, 3.05) is 13.6 Å². The molecule has 0 aliphatic rings. The van der Waals surface area contributed by atoms with E-state index in [1.54, 1.807) is 19.2 Å². The fourth-order valence-corrected chi connectivity index (χ4v) is 1.47. The molecule has 3 nitrogen and oxygen atoms in total. The van der Waals surface area contributed by atoms with Crippen LogP contribution in [-0.2, 0) is 0 Å². The molecule has 0 aliphatic heterocycles. The molecule has 78 valence electrons. The SMILES string of the molecule is CNCC(O)C(O)c1ccc(Br)cc1. The summed E-state index contributed by atoms with van der Waals surface area (Å²) >= 11 is 3.31. The summed E-state index contributed by atoms with van der Waals surface area (Å²) in [4.78, 5) is 0. The van der Waals surface area contributed by atoms with Crippen LogP contribution in [0.5, 0.6) is 0 Å². The maximum Gasteiger partial charge on any atom is 0.106 e. The van der Waals surface area contributed by atoms with Crippen LogP contribution in [0.25, 0.3) is 0 Å². The number of halogens is 1. The molecular weight excluding hydrogens is 246 g/mol. The lowest BCUT2D eigenvalue weighted by Gasteiger charge is -2.17. The van der Waals surface area contributed by atoms with Crippen molar-refractivity contribution in [2.24, 2.45) is 0 Å². The number of hydrogen-bond donors (Lipinski definition) is 3. The molecule has 0 amide bonds. The highest BCUT2D eigenvalue weighted by molar-refractivity contribution is 9.10. The van der Waals surface area contributed by atoms with Crippen LogP contribution < -0.4 is 5.32 Å². The minimum absolute atomic E-state index is 0.372. The van der Waals surface area contributed by atoms with Gasteiger partial charge in [-0.05, 0) is 24.7 Å². The average molecular weight is 260 g/mol. The zero-order chi connectivity index (χ0) is 10.6. The summed E-state index contributed by atoms with van der Waals surface area (Å²) in [5, 5.41) is 22.0. The van der Waals surface area contributed by atoms with E-state index in [-0.39, 0.29) is 0 Å². The topological polar surface area (TPSA) is 52.5 Å². The summed E-state index contributed by atoms with van der Waals surface area (Å²) in [5.74, 6) is 0. The molecule has 0 saturated carbocycles. The van der Waals surface area contributed by atoms with Crippen molar-refractivity contribution in [2.45, 2.75) is 12.2 Å². The van der Waals surface area contributed by atoms with Crippen molar-refractivity contribution in [3.05, 3.63) is 34.3 Å². The molecule has 4 heteroatoms. The summed E-state index contributed by atoms with van der Waals surface area (Å²) in [7, 11) is 1.73. The number of benzene rings is 1. The molecule has 2 unspecified atom stereocenters. The Balaban J connectivity index is 2.68. The number of aliphatic hydroxyl groups excluding tert-OH is 2. The molecule has 0 heterocycles. The van der Waals surface area contributed by atoms with Crippen LogP contribution in [0.4, 0.5) is 0 Å². The van der Waals surface area contributed by atoms with E-state index in [0.29, 0.717) is 6.54 Å². The largest absolute Gasteiger partial charge is 0.389 e. The van der Waals surface area contributed by atoms with Gasteiger partial charge in [-0.2, -0.15) is 0 Å². The number of aliphatic hydroxyl groups is 2. The van der Waals surface area contributed by atoms with Crippen LogP contribution in [-0.4, -0.2) is 29.9 Å². The number of likely N-dealkylation sites (N-methyl/N-ethyl adjacent to an activating group) is 1. The van der Waals surface area contributed by atoms with Gasteiger partial charge in [0.15, 0.2) is 0 Å². The molecule has 0 aliphatic carbocycles. The highest BCUT2D eigenvalue weighted by Gasteiger charge is 2.16. The number of nitrogens with one attached hydrogen (secondary N) is 1. The molecule has 0 saturated heterocycles. The summed E-state index contributed by atoms with van der Waals surface area (Å²) in [6, 6.07) is 7.25. The Hall–Kier alpha value is -0.420. The molecule has 1 aromatic carbocycles. The first-order valence-corrected chi connectivity index (χ1v) is 5.20. The van der Waals surface area contributed by atoms with Gasteiger partial charge in [-0.3, -0.25) is 0 Å². The van der Waals surface area contributed by atoms with Gasteiger partial charge in [0, 0.05) is 11.0 Å². The second kappa shape index (κ2) is 5.46. The van der Waals surface area contributed by atoms with Crippen molar-refractivity contribution in [1.82, 2.24) is 5.32 Å². The standard InChI is InChI=1S/C10H14BrNO2/c1-12-6-9(13)10(14)7-2-4-8(11)5-3-7/h2-5,9-10,12-14H,6H2,1H3. The van der Waals surface area contributed by atoms with Gasteiger partial charge in [0.2, 0.25) is 0 Å². The van der Waals surface area contributed by atoms with E-state index in [1.807, 2.05) is 12.1 Å². The second-order valence-electron chi connectivity index (χ2n) is 3.12. The van der Waals surface area contributed by atoms with Crippen molar-refractivity contribution in [3.8, 4) is 0 Å². The summed E-state index contributed by atoms with van der Waals surface area (Å²) in [5.41, 5.74) is 0.718. The van der Waals surface area contributed by atoms with E-state index in [2.05, 4.69) is 21.2 Å². The lowest BCUT2D eigenvalue weighted by atomic mass is 10.0. The van der Waals surface area contributed by atoms with E-state index in [4.69, 9.17) is 0 Å². The minimum Gasteiger partial charge on any atom is -0.389 e. The summed E-state index contributed by atoms with van der Waals surface area (Å²) in [6.07, 6.45) is -1.61. The van der Waals surface area contributed by atoms with Gasteiger partial charge in [-0.1, -0.05) is 28.1 Å². The highest BCUT2D eigenvalue weighted by atomic mass is 79.9. The Kier molecular flexibility index (Phi) is 4.54. The third-order valence-corrected chi connectivity index (χ3v) is 2.52. The van der Waals surface area contributed by atoms with Crippen LogP contribution >= 0.6 is 15.9 Å². The predicted molar refractivity (Wildman–Crippen MR) is 59.0 cm³/mol.